The second kappa shape index (κ2) is 6.62. The average Bonchev–Trinajstić information content (AvgIpc) is 2.65. The Morgan fingerprint density at radius 2 is 2.50 bits per heavy atom. The van der Waals surface area contributed by atoms with Crippen molar-refractivity contribution in [1.82, 2.24) is 5.32 Å². The van der Waals surface area contributed by atoms with Gasteiger partial charge in [0.2, 0.25) is 0 Å². The Labute approximate surface area is 95.7 Å². The summed E-state index contributed by atoms with van der Waals surface area (Å²) in [5.74, 6) is 0. The van der Waals surface area contributed by atoms with Gasteiger partial charge in [0.15, 0.2) is 5.17 Å². The van der Waals surface area contributed by atoms with Crippen LogP contribution in [0.1, 0.15) is 26.7 Å². The molecule has 0 aromatic heterocycles. The predicted octanol–water partition coefficient (Wildman–Crippen LogP) is 2.60. The molecule has 1 aliphatic heterocycles. The molecule has 0 amide bonds. The van der Waals surface area contributed by atoms with Crippen LogP contribution >= 0.6 is 23.5 Å². The molecule has 0 saturated carbocycles. The van der Waals surface area contributed by atoms with Gasteiger partial charge in [-0.25, -0.2) is 0 Å². The molecule has 0 aromatic rings. The number of nitrogens with zero attached hydrogens (tertiary/aromatic N) is 1. The molecule has 0 saturated heterocycles. The largest absolute Gasteiger partial charge is 0.365 e. The molecule has 2 nitrogen and oxygen atoms in total. The van der Waals surface area contributed by atoms with Crippen LogP contribution in [0.4, 0.5) is 0 Å². The summed E-state index contributed by atoms with van der Waals surface area (Å²) < 4.78 is 0. The van der Waals surface area contributed by atoms with Gasteiger partial charge in [0.25, 0.3) is 0 Å². The lowest BCUT2D eigenvalue weighted by molar-refractivity contribution is 0.771. The Morgan fingerprint density at radius 3 is 3.07 bits per heavy atom. The highest BCUT2D eigenvalue weighted by atomic mass is 32.2. The van der Waals surface area contributed by atoms with Gasteiger partial charge in [-0.2, -0.15) is 11.8 Å². The minimum absolute atomic E-state index is 0.718. The lowest BCUT2D eigenvalue weighted by Crippen LogP contribution is -2.22. The van der Waals surface area contributed by atoms with Crippen LogP contribution < -0.4 is 5.32 Å². The van der Waals surface area contributed by atoms with Crippen molar-refractivity contribution < 1.29 is 0 Å². The fourth-order valence-corrected chi connectivity index (χ4v) is 2.55. The van der Waals surface area contributed by atoms with E-state index < -0.39 is 0 Å². The number of nitrogens with one attached hydrogen (secondary N) is 1. The highest BCUT2D eigenvalue weighted by molar-refractivity contribution is 8.14. The van der Waals surface area contributed by atoms with Crippen molar-refractivity contribution in [2.45, 2.75) is 37.2 Å². The SMILES string of the molecule is CCC1CN=C(NCCC(C)SC)S1. The Bertz CT molecular complexity index is 195. The molecule has 2 atom stereocenters. The van der Waals surface area contributed by atoms with E-state index in [1.165, 1.54) is 12.8 Å². The third-order valence-corrected chi connectivity index (χ3v) is 4.75. The molecule has 1 aliphatic rings. The van der Waals surface area contributed by atoms with Crippen molar-refractivity contribution in [1.29, 1.82) is 0 Å². The van der Waals surface area contributed by atoms with Gasteiger partial charge in [0.05, 0.1) is 6.54 Å². The zero-order valence-electron chi connectivity index (χ0n) is 9.25. The normalized spacial score (nSPS) is 23.4. The summed E-state index contributed by atoms with van der Waals surface area (Å²) in [6.45, 7) is 6.56. The molecule has 4 heteroatoms. The maximum absolute atomic E-state index is 4.47. The molecule has 0 aliphatic carbocycles. The molecule has 82 valence electrons. The lowest BCUT2D eigenvalue weighted by Gasteiger charge is -2.10. The maximum Gasteiger partial charge on any atom is 0.156 e. The molecule has 0 spiro atoms. The second-order valence-electron chi connectivity index (χ2n) is 3.56. The average molecular weight is 232 g/mol. The second-order valence-corrected chi connectivity index (χ2v) is 6.12. The highest BCUT2D eigenvalue weighted by Crippen LogP contribution is 2.21. The number of hydrogen-bond donors (Lipinski definition) is 1. The van der Waals surface area contributed by atoms with Gasteiger partial charge in [0, 0.05) is 17.0 Å². The molecular formula is C10H20N2S2. The Morgan fingerprint density at radius 1 is 1.71 bits per heavy atom. The third kappa shape index (κ3) is 4.13. The van der Waals surface area contributed by atoms with Crippen LogP contribution in [0.3, 0.4) is 0 Å². The summed E-state index contributed by atoms with van der Waals surface area (Å²) in [5, 5.41) is 6.03. The minimum atomic E-state index is 0.718. The molecule has 14 heavy (non-hydrogen) atoms. The molecule has 0 aromatic carbocycles. The monoisotopic (exact) mass is 232 g/mol. The number of aliphatic imine (C=N–C) groups is 1. The topological polar surface area (TPSA) is 24.4 Å². The van der Waals surface area contributed by atoms with Crippen molar-refractivity contribution >= 4 is 28.7 Å². The minimum Gasteiger partial charge on any atom is -0.365 e. The van der Waals surface area contributed by atoms with E-state index in [1.54, 1.807) is 0 Å². The van der Waals surface area contributed by atoms with E-state index in [-0.39, 0.29) is 0 Å². The molecule has 1 N–H and O–H groups in total. The Hall–Kier alpha value is 0.170. The lowest BCUT2D eigenvalue weighted by atomic mass is 10.3. The van der Waals surface area contributed by atoms with E-state index in [1.807, 2.05) is 23.5 Å². The first-order valence-corrected chi connectivity index (χ1v) is 7.40. The Kier molecular flexibility index (Phi) is 5.78. The Balaban J connectivity index is 2.08. The summed E-state index contributed by atoms with van der Waals surface area (Å²) in [4.78, 5) is 4.47. The van der Waals surface area contributed by atoms with E-state index in [0.29, 0.717) is 0 Å². The van der Waals surface area contributed by atoms with E-state index in [4.69, 9.17) is 0 Å². The van der Waals surface area contributed by atoms with Gasteiger partial charge in [-0.15, -0.1) is 0 Å². The molecule has 0 bridgehead atoms. The number of amidine groups is 1. The van der Waals surface area contributed by atoms with Gasteiger partial charge in [-0.1, -0.05) is 25.6 Å². The van der Waals surface area contributed by atoms with Gasteiger partial charge in [-0.05, 0) is 19.1 Å². The van der Waals surface area contributed by atoms with Crippen molar-refractivity contribution in [3.63, 3.8) is 0 Å². The van der Waals surface area contributed by atoms with Crippen LogP contribution in [-0.4, -0.2) is 35.0 Å². The first kappa shape index (κ1) is 12.2. The van der Waals surface area contributed by atoms with Crippen molar-refractivity contribution in [2.75, 3.05) is 19.3 Å². The van der Waals surface area contributed by atoms with E-state index in [0.717, 1.165) is 28.8 Å². The zero-order valence-corrected chi connectivity index (χ0v) is 10.9. The summed E-state index contributed by atoms with van der Waals surface area (Å²) in [7, 11) is 0. The smallest absolute Gasteiger partial charge is 0.156 e. The highest BCUT2D eigenvalue weighted by Gasteiger charge is 2.16. The first-order valence-electron chi connectivity index (χ1n) is 5.24. The number of thioether (sulfide) groups is 2. The zero-order chi connectivity index (χ0) is 10.4. The van der Waals surface area contributed by atoms with Crippen LogP contribution in [0.5, 0.6) is 0 Å². The van der Waals surface area contributed by atoms with Crippen LogP contribution in [0, 0.1) is 0 Å². The third-order valence-electron chi connectivity index (χ3n) is 2.40. The molecule has 1 rings (SSSR count). The van der Waals surface area contributed by atoms with Crippen molar-refractivity contribution in [3.8, 4) is 0 Å². The summed E-state index contributed by atoms with van der Waals surface area (Å²) in [5.41, 5.74) is 0. The standard InChI is InChI=1S/C10H20N2S2/c1-4-9-7-12-10(14-9)11-6-5-8(2)13-3/h8-9H,4-7H2,1-3H3,(H,11,12). The van der Waals surface area contributed by atoms with E-state index in [2.05, 4.69) is 30.4 Å². The summed E-state index contributed by atoms with van der Waals surface area (Å²) in [6, 6.07) is 0. The summed E-state index contributed by atoms with van der Waals surface area (Å²) >= 11 is 3.83. The van der Waals surface area contributed by atoms with Gasteiger partial charge >= 0.3 is 0 Å². The van der Waals surface area contributed by atoms with Crippen LogP contribution in [0.25, 0.3) is 0 Å². The molecule has 0 fully saturated rings. The van der Waals surface area contributed by atoms with E-state index >= 15 is 0 Å². The predicted molar refractivity (Wildman–Crippen MR) is 69.6 cm³/mol. The van der Waals surface area contributed by atoms with Crippen molar-refractivity contribution in [3.05, 3.63) is 0 Å². The fourth-order valence-electron chi connectivity index (χ4n) is 1.23. The van der Waals surface area contributed by atoms with Crippen LogP contribution in [-0.2, 0) is 0 Å². The molecule has 0 radical (unpaired) electrons. The summed E-state index contributed by atoms with van der Waals surface area (Å²) in [6.07, 6.45) is 4.61. The number of hydrogen-bond acceptors (Lipinski definition) is 4. The van der Waals surface area contributed by atoms with Crippen LogP contribution in [0.2, 0.25) is 0 Å². The van der Waals surface area contributed by atoms with Gasteiger partial charge < -0.3 is 5.32 Å². The quantitative estimate of drug-likeness (QED) is 0.788. The maximum atomic E-state index is 4.47. The number of rotatable bonds is 5. The molecule has 2 unspecified atom stereocenters. The van der Waals surface area contributed by atoms with Crippen molar-refractivity contribution in [2.24, 2.45) is 4.99 Å². The molecular weight excluding hydrogens is 212 g/mol. The van der Waals surface area contributed by atoms with Gasteiger partial charge in [-0.3, -0.25) is 4.99 Å². The molecule has 1 heterocycles. The van der Waals surface area contributed by atoms with Gasteiger partial charge in [0.1, 0.15) is 0 Å². The van der Waals surface area contributed by atoms with Crippen LogP contribution in [0.15, 0.2) is 4.99 Å². The first-order chi connectivity index (χ1) is 6.76. The van der Waals surface area contributed by atoms with E-state index in [9.17, 15) is 0 Å². The fraction of sp³-hybridized carbons (Fsp3) is 0.900.